The predicted molar refractivity (Wildman–Crippen MR) is 88.0 cm³/mol. The Morgan fingerprint density at radius 2 is 2.09 bits per heavy atom. The van der Waals surface area contributed by atoms with Gasteiger partial charge in [-0.1, -0.05) is 11.6 Å². The smallest absolute Gasteiger partial charge is 0.0749 e. The molecule has 0 aliphatic heterocycles. The van der Waals surface area contributed by atoms with E-state index < -0.39 is 0 Å². The van der Waals surface area contributed by atoms with Crippen LogP contribution >= 0.6 is 11.6 Å². The Morgan fingerprint density at radius 3 is 2.73 bits per heavy atom. The van der Waals surface area contributed by atoms with Crippen molar-refractivity contribution < 1.29 is 0 Å². The van der Waals surface area contributed by atoms with Crippen LogP contribution in [0.5, 0.6) is 0 Å². The van der Waals surface area contributed by atoms with E-state index in [-0.39, 0.29) is 0 Å². The predicted octanol–water partition coefficient (Wildman–Crippen LogP) is 3.69. The molecule has 0 spiro atoms. The molecule has 2 aliphatic carbocycles. The molecule has 0 amide bonds. The Bertz CT molecular complexity index is 699. The zero-order valence-electron chi connectivity index (χ0n) is 12.8. The maximum atomic E-state index is 6.11. The van der Waals surface area contributed by atoms with Crippen molar-refractivity contribution in [3.63, 3.8) is 0 Å². The summed E-state index contributed by atoms with van der Waals surface area (Å²) in [7, 11) is 0. The molecule has 0 bridgehead atoms. The number of rotatable bonds is 4. The molecule has 0 saturated heterocycles. The number of hydrogen-bond donors (Lipinski definition) is 1. The Labute approximate surface area is 135 Å². The van der Waals surface area contributed by atoms with Crippen molar-refractivity contribution in [1.82, 2.24) is 14.8 Å². The summed E-state index contributed by atoms with van der Waals surface area (Å²) >= 11 is 6.11. The Hall–Kier alpha value is -1.39. The Balaban J connectivity index is 1.68. The fourth-order valence-corrected chi connectivity index (χ4v) is 3.36. The van der Waals surface area contributed by atoms with Gasteiger partial charge in [0.05, 0.1) is 28.1 Å². The molecule has 2 heterocycles. The lowest BCUT2D eigenvalue weighted by Gasteiger charge is -2.34. The fraction of sp³-hybridized carbons (Fsp3) is 0.529. The van der Waals surface area contributed by atoms with E-state index in [2.05, 4.69) is 15.9 Å². The summed E-state index contributed by atoms with van der Waals surface area (Å²) in [5.74, 6) is 1.28. The lowest BCUT2D eigenvalue weighted by molar-refractivity contribution is 0.189. The quantitative estimate of drug-likeness (QED) is 0.935. The first-order chi connectivity index (χ1) is 10.7. The molecular weight excluding hydrogens is 296 g/mol. The zero-order valence-corrected chi connectivity index (χ0v) is 13.6. The van der Waals surface area contributed by atoms with Crippen LogP contribution in [0.25, 0.3) is 11.3 Å². The number of halogens is 1. The van der Waals surface area contributed by atoms with Crippen molar-refractivity contribution in [2.75, 3.05) is 6.54 Å². The van der Waals surface area contributed by atoms with Gasteiger partial charge < -0.3 is 5.73 Å². The third kappa shape index (κ3) is 2.44. The van der Waals surface area contributed by atoms with E-state index >= 15 is 0 Å². The number of nitrogens with two attached hydrogens (primary N) is 1. The molecule has 116 valence electrons. The molecule has 4 rings (SSSR count). The standard InChI is InChI=1S/C17H21ClN4/c1-10-15(18)4-5-16(20-10)14-9-22(13-6-11(7-13)8-19)21-17(14)12-2-3-12/h4-5,9,11-13H,2-3,6-8,19H2,1H3. The van der Waals surface area contributed by atoms with Crippen LogP contribution in [0.1, 0.15) is 49.0 Å². The van der Waals surface area contributed by atoms with Crippen LogP contribution in [0.3, 0.4) is 0 Å². The van der Waals surface area contributed by atoms with Crippen LogP contribution in [0, 0.1) is 12.8 Å². The molecule has 0 unspecified atom stereocenters. The second-order valence-electron chi connectivity index (χ2n) is 6.67. The zero-order chi connectivity index (χ0) is 15.3. The molecule has 2 aromatic rings. The normalized spacial score (nSPS) is 24.3. The van der Waals surface area contributed by atoms with E-state index in [0.717, 1.165) is 30.8 Å². The third-order valence-electron chi connectivity index (χ3n) is 4.94. The van der Waals surface area contributed by atoms with Crippen LogP contribution in [0.15, 0.2) is 18.3 Å². The van der Waals surface area contributed by atoms with E-state index in [9.17, 15) is 0 Å². The summed E-state index contributed by atoms with van der Waals surface area (Å²) in [5.41, 5.74) is 10.00. The van der Waals surface area contributed by atoms with Gasteiger partial charge in [0.1, 0.15) is 0 Å². The molecule has 5 heteroatoms. The van der Waals surface area contributed by atoms with Crippen molar-refractivity contribution in [2.24, 2.45) is 11.7 Å². The van der Waals surface area contributed by atoms with Gasteiger partial charge in [0.25, 0.3) is 0 Å². The molecule has 2 fully saturated rings. The number of aromatic nitrogens is 3. The molecule has 0 atom stereocenters. The second kappa shape index (κ2) is 5.36. The molecule has 2 saturated carbocycles. The van der Waals surface area contributed by atoms with Crippen molar-refractivity contribution in [1.29, 1.82) is 0 Å². The summed E-state index contributed by atoms with van der Waals surface area (Å²) in [4.78, 5) is 4.66. The van der Waals surface area contributed by atoms with Crippen LogP contribution in [-0.2, 0) is 0 Å². The Kier molecular flexibility index (Phi) is 3.46. The highest BCUT2D eigenvalue weighted by atomic mass is 35.5. The first-order valence-corrected chi connectivity index (χ1v) is 8.46. The van der Waals surface area contributed by atoms with Gasteiger partial charge in [-0.15, -0.1) is 0 Å². The monoisotopic (exact) mass is 316 g/mol. The van der Waals surface area contributed by atoms with E-state index in [0.29, 0.717) is 22.9 Å². The van der Waals surface area contributed by atoms with Gasteiger partial charge >= 0.3 is 0 Å². The molecule has 2 N–H and O–H groups in total. The van der Waals surface area contributed by atoms with Crippen LogP contribution in [0.2, 0.25) is 5.02 Å². The topological polar surface area (TPSA) is 56.7 Å². The highest BCUT2D eigenvalue weighted by Crippen LogP contribution is 2.45. The summed E-state index contributed by atoms with van der Waals surface area (Å²) < 4.78 is 2.15. The van der Waals surface area contributed by atoms with Gasteiger partial charge in [0.2, 0.25) is 0 Å². The maximum absolute atomic E-state index is 6.11. The van der Waals surface area contributed by atoms with Crippen LogP contribution in [0.4, 0.5) is 0 Å². The van der Waals surface area contributed by atoms with E-state index in [1.807, 2.05) is 19.1 Å². The minimum Gasteiger partial charge on any atom is -0.330 e. The van der Waals surface area contributed by atoms with Gasteiger partial charge in [-0.05, 0) is 57.2 Å². The highest BCUT2D eigenvalue weighted by Gasteiger charge is 2.34. The van der Waals surface area contributed by atoms with E-state index in [1.54, 1.807) is 0 Å². The second-order valence-corrected chi connectivity index (χ2v) is 7.08. The number of aryl methyl sites for hydroxylation is 1. The van der Waals surface area contributed by atoms with Crippen molar-refractivity contribution >= 4 is 11.6 Å². The molecule has 0 radical (unpaired) electrons. The third-order valence-corrected chi connectivity index (χ3v) is 5.34. The van der Waals surface area contributed by atoms with Crippen LogP contribution in [-0.4, -0.2) is 21.3 Å². The molecule has 2 aliphatic rings. The van der Waals surface area contributed by atoms with Gasteiger partial charge in [-0.3, -0.25) is 9.67 Å². The van der Waals surface area contributed by atoms with Crippen LogP contribution < -0.4 is 5.73 Å². The maximum Gasteiger partial charge on any atom is 0.0749 e. The minimum atomic E-state index is 0.508. The number of hydrogen-bond acceptors (Lipinski definition) is 3. The molecule has 4 nitrogen and oxygen atoms in total. The van der Waals surface area contributed by atoms with Crippen molar-refractivity contribution in [2.45, 2.75) is 44.6 Å². The average molecular weight is 317 g/mol. The lowest BCUT2D eigenvalue weighted by Crippen LogP contribution is -2.32. The van der Waals surface area contributed by atoms with E-state index in [1.165, 1.54) is 24.1 Å². The average Bonchev–Trinajstić information content (AvgIpc) is 3.21. The fourth-order valence-electron chi connectivity index (χ4n) is 3.25. The SMILES string of the molecule is Cc1nc(-c2cn(C3CC(CN)C3)nc2C2CC2)ccc1Cl. The number of pyridine rings is 1. The Morgan fingerprint density at radius 1 is 1.32 bits per heavy atom. The highest BCUT2D eigenvalue weighted by molar-refractivity contribution is 6.31. The molecule has 2 aromatic heterocycles. The molecule has 22 heavy (non-hydrogen) atoms. The largest absolute Gasteiger partial charge is 0.330 e. The summed E-state index contributed by atoms with van der Waals surface area (Å²) in [6, 6.07) is 4.45. The van der Waals surface area contributed by atoms with Gasteiger partial charge in [-0.2, -0.15) is 5.10 Å². The van der Waals surface area contributed by atoms with Crippen molar-refractivity contribution in [3.05, 3.63) is 34.7 Å². The minimum absolute atomic E-state index is 0.508. The summed E-state index contributed by atoms with van der Waals surface area (Å²) in [5, 5.41) is 5.61. The first kappa shape index (κ1) is 14.2. The summed E-state index contributed by atoms with van der Waals surface area (Å²) in [6.45, 7) is 2.74. The lowest BCUT2D eigenvalue weighted by atomic mass is 9.80. The summed E-state index contributed by atoms with van der Waals surface area (Å²) in [6.07, 6.45) is 6.96. The van der Waals surface area contributed by atoms with Gasteiger partial charge in [-0.25, -0.2) is 0 Å². The first-order valence-electron chi connectivity index (χ1n) is 8.08. The van der Waals surface area contributed by atoms with Gasteiger partial charge in [0.15, 0.2) is 0 Å². The van der Waals surface area contributed by atoms with Gasteiger partial charge in [0, 0.05) is 17.7 Å². The molecule has 0 aromatic carbocycles. The molecular formula is C17H21ClN4. The van der Waals surface area contributed by atoms with Crippen molar-refractivity contribution in [3.8, 4) is 11.3 Å². The number of nitrogens with zero attached hydrogens (tertiary/aromatic N) is 3. The van der Waals surface area contributed by atoms with E-state index in [4.69, 9.17) is 22.4 Å².